The van der Waals surface area contributed by atoms with Crippen molar-refractivity contribution in [2.45, 2.75) is 40.0 Å². The van der Waals surface area contributed by atoms with Crippen LogP contribution in [0.4, 0.5) is 0 Å². The Balaban J connectivity index is 1.19. The second-order valence-electron chi connectivity index (χ2n) is 17.7. The van der Waals surface area contributed by atoms with Crippen LogP contribution in [0.3, 0.4) is 0 Å². The Bertz CT molecular complexity index is 2570. The van der Waals surface area contributed by atoms with E-state index in [2.05, 4.69) is 19.8 Å². The predicted octanol–water partition coefficient (Wildman–Crippen LogP) is 5.85. The number of hydrogen-bond acceptors (Lipinski definition) is 17. The maximum Gasteiger partial charge on any atom is 0.354 e. The van der Waals surface area contributed by atoms with E-state index >= 15 is 0 Å². The average molecular weight is 1020 g/mol. The summed E-state index contributed by atoms with van der Waals surface area (Å²) in [4.78, 5) is 57.7. The first kappa shape index (κ1) is 57.0. The van der Waals surface area contributed by atoms with E-state index in [-0.39, 0.29) is 17.9 Å². The smallest absolute Gasteiger partial charge is 0.354 e. The summed E-state index contributed by atoms with van der Waals surface area (Å²) >= 11 is 0. The molecule has 0 atom stereocenters. The first-order valence-electron chi connectivity index (χ1n) is 24.8. The third-order valence-electron chi connectivity index (χ3n) is 12.0. The molecule has 3 aromatic heterocycles. The van der Waals surface area contributed by atoms with E-state index in [0.717, 1.165) is 39.9 Å². The minimum Gasteiger partial charge on any atom is -0.491 e. The molecule has 2 bridgehead atoms. The van der Waals surface area contributed by atoms with Gasteiger partial charge in [0.05, 0.1) is 95.4 Å². The number of aldehydes is 1. The zero-order valence-electron chi connectivity index (χ0n) is 43.0. The first-order chi connectivity index (χ1) is 36.0. The number of carboxylic acids is 2. The highest BCUT2D eigenvalue weighted by molar-refractivity contribution is 5.88. The SMILES string of the molecule is COCCOCCOCCOc1ccc(-c2cc(CN3CCN(CC=O)Cc4cccc(n4)CN(Cc4cc(-c5ccc(OCCOCCOCCOC)cc5C)cc(C(=O)O)n4)CC3)nc(C(=O)O)c2)c(C)c1. The number of pyridine rings is 3. The maximum atomic E-state index is 12.6. The average Bonchev–Trinajstić information content (AvgIpc) is 3.38. The third kappa shape index (κ3) is 18.9. The molecular weight excluding hydrogens is 953 g/mol. The van der Waals surface area contributed by atoms with Crippen molar-refractivity contribution in [2.24, 2.45) is 0 Å². The molecule has 0 spiro atoms. The van der Waals surface area contributed by atoms with Gasteiger partial charge < -0.3 is 52.9 Å². The van der Waals surface area contributed by atoms with Crippen LogP contribution in [0.5, 0.6) is 11.5 Å². The number of hydrogen-bond donors (Lipinski definition) is 2. The lowest BCUT2D eigenvalue weighted by Gasteiger charge is -2.30. The molecule has 0 radical (unpaired) electrons. The third-order valence-corrected chi connectivity index (χ3v) is 12.0. The lowest BCUT2D eigenvalue weighted by Crippen LogP contribution is -2.40. The summed E-state index contributed by atoms with van der Waals surface area (Å²) in [6, 6.07) is 24.3. The molecule has 19 heteroatoms. The number of carbonyl (C=O) groups excluding carboxylic acids is 1. The van der Waals surface area contributed by atoms with Crippen LogP contribution in [-0.2, 0) is 59.4 Å². The molecule has 0 aliphatic carbocycles. The highest BCUT2D eigenvalue weighted by Gasteiger charge is 2.21. The van der Waals surface area contributed by atoms with Gasteiger partial charge in [-0.3, -0.25) is 19.7 Å². The number of rotatable bonds is 30. The van der Waals surface area contributed by atoms with E-state index in [9.17, 15) is 24.6 Å². The van der Waals surface area contributed by atoms with Crippen LogP contribution >= 0.6 is 0 Å². The van der Waals surface area contributed by atoms with Crippen molar-refractivity contribution < 1.29 is 62.5 Å². The Morgan fingerprint density at radius 3 is 1.39 bits per heavy atom. The van der Waals surface area contributed by atoms with Gasteiger partial charge in [0.1, 0.15) is 42.4 Å². The second kappa shape index (κ2) is 30.8. The predicted molar refractivity (Wildman–Crippen MR) is 276 cm³/mol. The number of methoxy groups -OCH3 is 2. The van der Waals surface area contributed by atoms with Gasteiger partial charge in [-0.05, 0) is 108 Å². The maximum absolute atomic E-state index is 12.6. The largest absolute Gasteiger partial charge is 0.491 e. The Morgan fingerprint density at radius 2 is 0.946 bits per heavy atom. The fourth-order valence-electron chi connectivity index (χ4n) is 8.34. The van der Waals surface area contributed by atoms with Gasteiger partial charge >= 0.3 is 11.9 Å². The van der Waals surface area contributed by atoms with Crippen molar-refractivity contribution >= 4 is 18.2 Å². The molecule has 0 unspecified atom stereocenters. The molecule has 0 saturated carbocycles. The fourth-order valence-corrected chi connectivity index (χ4v) is 8.34. The van der Waals surface area contributed by atoms with Crippen LogP contribution < -0.4 is 9.47 Å². The molecule has 1 aliphatic heterocycles. The number of aromatic nitrogens is 3. The topological polar surface area (TPSA) is 214 Å². The van der Waals surface area contributed by atoms with E-state index in [1.165, 1.54) is 0 Å². The quantitative estimate of drug-likeness (QED) is 0.0407. The number of carbonyl (C=O) groups is 3. The molecule has 6 rings (SSSR count). The first-order valence-corrected chi connectivity index (χ1v) is 24.8. The number of fused-ring (bicyclic) bond motifs is 2. The highest BCUT2D eigenvalue weighted by Crippen LogP contribution is 2.30. The fraction of sp³-hybridized carbons (Fsp3) is 0.455. The standard InChI is InChI=1S/C55H70N6O13/c1-40-30-48(73-28-26-71-24-22-69-20-18-67-3)8-10-50(40)42-32-46(57-52(34-42)54(63)64)38-59-12-13-60(16-17-62)36-44-6-5-7-45(56-44)37-61(15-14-59)39-47-33-43(35-53(58-47)55(65)66)51-11-9-49(31-41(51)2)74-29-27-72-25-23-70-21-19-68-4/h5-11,17,30-35H,12-16,18-29,36-39H2,1-4H3,(H,63,64)(H,65,66). The molecule has 74 heavy (non-hydrogen) atoms. The van der Waals surface area contributed by atoms with Crippen LogP contribution in [0.25, 0.3) is 22.3 Å². The molecule has 0 fully saturated rings. The number of aromatic carboxylic acids is 2. The Labute approximate surface area is 433 Å². The molecule has 0 saturated heterocycles. The van der Waals surface area contributed by atoms with Gasteiger partial charge in [0.15, 0.2) is 0 Å². The molecule has 2 N–H and O–H groups in total. The number of nitrogens with zero attached hydrogens (tertiary/aromatic N) is 6. The van der Waals surface area contributed by atoms with Gasteiger partial charge in [-0.15, -0.1) is 0 Å². The monoisotopic (exact) mass is 1020 g/mol. The molecular formula is C55H70N6O13. The van der Waals surface area contributed by atoms with Crippen molar-refractivity contribution in [1.82, 2.24) is 29.7 Å². The van der Waals surface area contributed by atoms with E-state index in [1.807, 2.05) is 85.5 Å². The van der Waals surface area contributed by atoms with Gasteiger partial charge in [0.25, 0.3) is 0 Å². The second-order valence-corrected chi connectivity index (χ2v) is 17.7. The summed E-state index contributed by atoms with van der Waals surface area (Å²) in [5.74, 6) is -0.962. The van der Waals surface area contributed by atoms with Crippen molar-refractivity contribution in [3.63, 3.8) is 0 Å². The van der Waals surface area contributed by atoms with Gasteiger partial charge in [-0.25, -0.2) is 19.6 Å². The number of carboxylic acid groups (broad SMARTS) is 2. The summed E-state index contributed by atoms with van der Waals surface area (Å²) < 4.78 is 44.0. The Hall–Kier alpha value is -6.26. The summed E-state index contributed by atoms with van der Waals surface area (Å²) in [5.41, 5.74) is 7.47. The minimum atomic E-state index is -1.15. The number of benzene rings is 2. The molecule has 4 heterocycles. The van der Waals surface area contributed by atoms with E-state index in [0.29, 0.717) is 166 Å². The zero-order valence-corrected chi connectivity index (χ0v) is 43.0. The summed E-state index contributed by atoms with van der Waals surface area (Å²) in [7, 11) is 3.25. The Morgan fingerprint density at radius 1 is 0.527 bits per heavy atom. The Kier molecular flexibility index (Phi) is 23.8. The molecule has 2 aromatic carbocycles. The van der Waals surface area contributed by atoms with Crippen LogP contribution in [-0.4, -0.2) is 184 Å². The van der Waals surface area contributed by atoms with Crippen molar-refractivity contribution in [1.29, 1.82) is 0 Å². The molecule has 0 amide bonds. The molecule has 1 aliphatic rings. The normalized spacial score (nSPS) is 13.8. The van der Waals surface area contributed by atoms with E-state index in [4.69, 9.17) is 42.9 Å². The summed E-state index contributed by atoms with van der Waals surface area (Å²) in [6.45, 7) is 13.1. The van der Waals surface area contributed by atoms with Crippen LogP contribution in [0, 0.1) is 13.8 Å². The summed E-state index contributed by atoms with van der Waals surface area (Å²) in [6.07, 6.45) is 0.888. The van der Waals surface area contributed by atoms with E-state index in [1.54, 1.807) is 26.4 Å². The van der Waals surface area contributed by atoms with Crippen molar-refractivity contribution in [2.75, 3.05) is 126 Å². The van der Waals surface area contributed by atoms with Gasteiger partial charge in [0, 0.05) is 66.6 Å². The van der Waals surface area contributed by atoms with Gasteiger partial charge in [-0.1, -0.05) is 18.2 Å². The number of aryl methyl sites for hydroxylation is 2. The highest BCUT2D eigenvalue weighted by atomic mass is 16.6. The molecule has 5 aromatic rings. The molecule has 19 nitrogen and oxygen atoms in total. The lowest BCUT2D eigenvalue weighted by atomic mass is 9.99. The van der Waals surface area contributed by atoms with Crippen molar-refractivity contribution in [3.05, 3.63) is 124 Å². The molecule has 398 valence electrons. The lowest BCUT2D eigenvalue weighted by molar-refractivity contribution is -0.109. The van der Waals surface area contributed by atoms with Crippen molar-refractivity contribution in [3.8, 4) is 33.8 Å². The summed E-state index contributed by atoms with van der Waals surface area (Å²) in [5, 5.41) is 20.6. The minimum absolute atomic E-state index is 0.0781. The van der Waals surface area contributed by atoms with Gasteiger partial charge in [-0.2, -0.15) is 0 Å². The van der Waals surface area contributed by atoms with E-state index < -0.39 is 11.9 Å². The van der Waals surface area contributed by atoms with Crippen LogP contribution in [0.15, 0.2) is 78.9 Å². The van der Waals surface area contributed by atoms with Crippen LogP contribution in [0.2, 0.25) is 0 Å². The zero-order chi connectivity index (χ0) is 52.5. The van der Waals surface area contributed by atoms with Crippen LogP contribution in [0.1, 0.15) is 54.9 Å². The number of ether oxygens (including phenoxy) is 8. The van der Waals surface area contributed by atoms with Gasteiger partial charge in [0.2, 0.25) is 0 Å².